The number of hydrogen-bond acceptors (Lipinski definition) is 5. The monoisotopic (exact) mass is 514 g/mol. The van der Waals surface area contributed by atoms with Crippen molar-refractivity contribution >= 4 is 33.2 Å². The molecule has 7 nitrogen and oxygen atoms in total. The van der Waals surface area contributed by atoms with Gasteiger partial charge in [-0.2, -0.15) is 0 Å². The second-order valence-electron chi connectivity index (χ2n) is 8.22. The summed E-state index contributed by atoms with van der Waals surface area (Å²) in [5.41, 5.74) is 2.41. The van der Waals surface area contributed by atoms with Gasteiger partial charge in [0.05, 0.1) is 35.9 Å². The number of nitrogens with one attached hydrogen (secondary N) is 1. The third-order valence-electron chi connectivity index (χ3n) is 6.04. The molecule has 9 heteroatoms. The van der Waals surface area contributed by atoms with Crippen LogP contribution in [0, 0.1) is 0 Å². The minimum absolute atomic E-state index is 0.0786. The van der Waals surface area contributed by atoms with Crippen molar-refractivity contribution in [3.05, 3.63) is 82.9 Å². The maximum Gasteiger partial charge on any atom is 0.264 e. The molecule has 35 heavy (non-hydrogen) atoms. The number of fused-ring (bicyclic) bond motifs is 1. The first-order chi connectivity index (χ1) is 16.8. The van der Waals surface area contributed by atoms with Crippen molar-refractivity contribution in [2.75, 3.05) is 25.1 Å². The molecule has 0 fully saturated rings. The highest BCUT2D eigenvalue weighted by Crippen LogP contribution is 2.34. The van der Waals surface area contributed by atoms with Gasteiger partial charge in [-0.15, -0.1) is 0 Å². The van der Waals surface area contributed by atoms with E-state index in [0.29, 0.717) is 5.75 Å². The highest BCUT2D eigenvalue weighted by molar-refractivity contribution is 7.92. The number of methoxy groups -OCH3 is 2. The maximum absolute atomic E-state index is 13.6. The van der Waals surface area contributed by atoms with E-state index >= 15 is 0 Å². The topological polar surface area (TPSA) is 84.9 Å². The summed E-state index contributed by atoms with van der Waals surface area (Å²) in [5.74, 6) is 0.767. The number of ether oxygens (including phenoxy) is 2. The van der Waals surface area contributed by atoms with Crippen LogP contribution in [0.4, 0.5) is 5.69 Å². The van der Waals surface area contributed by atoms with Gasteiger partial charge >= 0.3 is 0 Å². The zero-order valence-corrected chi connectivity index (χ0v) is 21.1. The summed E-state index contributed by atoms with van der Waals surface area (Å²) < 4.78 is 38.7. The SMILES string of the molecule is COc1ccc2c(c1)CCCC2NC(=O)CN(c1ccc(OC)c(Cl)c1)S(=O)(=O)c1ccccc1. The number of aryl methyl sites for hydroxylation is 1. The average molecular weight is 515 g/mol. The van der Waals surface area contributed by atoms with Gasteiger partial charge in [0.25, 0.3) is 10.0 Å². The van der Waals surface area contributed by atoms with Gasteiger partial charge in [0.2, 0.25) is 5.91 Å². The first-order valence-electron chi connectivity index (χ1n) is 11.2. The predicted octanol–water partition coefficient (Wildman–Crippen LogP) is 4.75. The first-order valence-corrected chi connectivity index (χ1v) is 13.0. The van der Waals surface area contributed by atoms with E-state index in [1.54, 1.807) is 37.4 Å². The number of carbonyl (C=O) groups excluding carboxylic acids is 1. The highest BCUT2D eigenvalue weighted by Gasteiger charge is 2.29. The standard InChI is InChI=1S/C26H27ClN2O5S/c1-33-20-12-13-22-18(15-20)7-6-10-24(22)28-26(30)17-29(19-11-14-25(34-2)23(27)16-19)35(31,32)21-8-4-3-5-9-21/h3-5,8-9,11-16,24H,6-7,10,17H2,1-2H3,(H,28,30). The number of carbonyl (C=O) groups is 1. The number of amides is 1. The molecule has 3 aromatic rings. The molecule has 1 aliphatic rings. The third kappa shape index (κ3) is 5.39. The van der Waals surface area contributed by atoms with E-state index in [-0.39, 0.29) is 21.6 Å². The highest BCUT2D eigenvalue weighted by atomic mass is 35.5. The summed E-state index contributed by atoms with van der Waals surface area (Å²) >= 11 is 6.29. The summed E-state index contributed by atoms with van der Waals surface area (Å²) in [5, 5.41) is 3.27. The minimum atomic E-state index is -4.04. The quantitative estimate of drug-likeness (QED) is 0.469. The molecule has 0 heterocycles. The van der Waals surface area contributed by atoms with Crippen LogP contribution in [0.2, 0.25) is 5.02 Å². The van der Waals surface area contributed by atoms with Crippen molar-refractivity contribution in [2.45, 2.75) is 30.2 Å². The molecule has 0 aromatic heterocycles. The Kier molecular flexibility index (Phi) is 7.52. The summed E-state index contributed by atoms with van der Waals surface area (Å²) in [6.45, 7) is -0.401. The molecule has 0 saturated carbocycles. The number of anilines is 1. The van der Waals surface area contributed by atoms with E-state index in [1.807, 2.05) is 18.2 Å². The molecule has 0 aliphatic heterocycles. The van der Waals surface area contributed by atoms with Crippen LogP contribution in [0.1, 0.15) is 30.0 Å². The van der Waals surface area contributed by atoms with Crippen LogP contribution in [0.3, 0.4) is 0 Å². The fourth-order valence-corrected chi connectivity index (χ4v) is 5.97. The van der Waals surface area contributed by atoms with Gasteiger partial charge in [-0.25, -0.2) is 8.42 Å². The second kappa shape index (κ2) is 10.6. The molecule has 1 N–H and O–H groups in total. The summed E-state index contributed by atoms with van der Waals surface area (Å²) in [7, 11) is -0.941. The van der Waals surface area contributed by atoms with E-state index in [9.17, 15) is 13.2 Å². The Labute approximate surface area is 210 Å². The Morgan fingerprint density at radius 1 is 1.06 bits per heavy atom. The van der Waals surface area contributed by atoms with E-state index < -0.39 is 22.5 Å². The van der Waals surface area contributed by atoms with Crippen molar-refractivity contribution in [3.63, 3.8) is 0 Å². The van der Waals surface area contributed by atoms with Crippen molar-refractivity contribution in [1.29, 1.82) is 0 Å². The molecule has 3 aromatic carbocycles. The molecule has 0 saturated heterocycles. The van der Waals surface area contributed by atoms with Gasteiger partial charge in [0.15, 0.2) is 0 Å². The second-order valence-corrected chi connectivity index (χ2v) is 10.5. The van der Waals surface area contributed by atoms with Crippen molar-refractivity contribution in [2.24, 2.45) is 0 Å². The molecule has 4 rings (SSSR count). The van der Waals surface area contributed by atoms with Gasteiger partial charge in [-0.05, 0) is 72.9 Å². The van der Waals surface area contributed by atoms with Crippen molar-refractivity contribution < 1.29 is 22.7 Å². The van der Waals surface area contributed by atoms with Gasteiger partial charge in [-0.3, -0.25) is 9.10 Å². The van der Waals surface area contributed by atoms with E-state index in [2.05, 4.69) is 5.32 Å². The van der Waals surface area contributed by atoms with Crippen LogP contribution in [-0.4, -0.2) is 35.1 Å². The molecule has 0 bridgehead atoms. The third-order valence-corrected chi connectivity index (χ3v) is 8.12. The number of halogens is 1. The zero-order valence-electron chi connectivity index (χ0n) is 19.5. The fraction of sp³-hybridized carbons (Fsp3) is 0.269. The van der Waals surface area contributed by atoms with Crippen LogP contribution < -0.4 is 19.1 Å². The van der Waals surface area contributed by atoms with Gasteiger partial charge in [0, 0.05) is 0 Å². The van der Waals surface area contributed by atoms with Gasteiger partial charge in [0.1, 0.15) is 18.0 Å². The molecular formula is C26H27ClN2O5S. The number of hydrogen-bond donors (Lipinski definition) is 1. The van der Waals surface area contributed by atoms with Crippen LogP contribution in [-0.2, 0) is 21.2 Å². The average Bonchev–Trinajstić information content (AvgIpc) is 2.87. The molecule has 1 amide bonds. The number of nitrogens with zero attached hydrogens (tertiary/aromatic N) is 1. The smallest absolute Gasteiger partial charge is 0.264 e. The summed E-state index contributed by atoms with van der Waals surface area (Å²) in [6.07, 6.45) is 2.58. The van der Waals surface area contributed by atoms with E-state index in [4.69, 9.17) is 21.1 Å². The lowest BCUT2D eigenvalue weighted by atomic mass is 9.87. The maximum atomic E-state index is 13.6. The Hall–Kier alpha value is -3.23. The van der Waals surface area contributed by atoms with Crippen LogP contribution in [0.25, 0.3) is 0 Å². The minimum Gasteiger partial charge on any atom is -0.497 e. The zero-order chi connectivity index (χ0) is 25.0. The summed E-state index contributed by atoms with van der Waals surface area (Å²) in [4.78, 5) is 13.3. The predicted molar refractivity (Wildman–Crippen MR) is 136 cm³/mol. The first kappa shape index (κ1) is 24.9. The normalized spacial score (nSPS) is 15.1. The Balaban J connectivity index is 1.63. The van der Waals surface area contributed by atoms with Crippen LogP contribution in [0.5, 0.6) is 11.5 Å². The van der Waals surface area contributed by atoms with Gasteiger partial charge in [-0.1, -0.05) is 35.9 Å². The van der Waals surface area contributed by atoms with Gasteiger partial charge < -0.3 is 14.8 Å². The van der Waals surface area contributed by atoms with E-state index in [1.165, 1.54) is 25.3 Å². The number of sulfonamides is 1. The molecule has 0 spiro atoms. The lowest BCUT2D eigenvalue weighted by Crippen LogP contribution is -2.42. The number of benzene rings is 3. The van der Waals surface area contributed by atoms with Crippen molar-refractivity contribution in [1.82, 2.24) is 5.32 Å². The van der Waals surface area contributed by atoms with Crippen molar-refractivity contribution in [3.8, 4) is 11.5 Å². The summed E-state index contributed by atoms with van der Waals surface area (Å²) in [6, 6.07) is 18.2. The Morgan fingerprint density at radius 3 is 2.51 bits per heavy atom. The largest absolute Gasteiger partial charge is 0.497 e. The van der Waals surface area contributed by atoms with E-state index in [0.717, 1.165) is 40.4 Å². The fourth-order valence-electron chi connectivity index (χ4n) is 4.28. The molecule has 1 aliphatic carbocycles. The van der Waals surface area contributed by atoms with Crippen LogP contribution >= 0.6 is 11.6 Å². The number of rotatable bonds is 8. The Morgan fingerprint density at radius 2 is 1.83 bits per heavy atom. The lowest BCUT2D eigenvalue weighted by Gasteiger charge is -2.29. The lowest BCUT2D eigenvalue weighted by molar-refractivity contribution is -0.120. The molecule has 1 unspecified atom stereocenters. The Bertz CT molecular complexity index is 1310. The molecular weight excluding hydrogens is 488 g/mol. The van der Waals surface area contributed by atoms with Crippen LogP contribution in [0.15, 0.2) is 71.6 Å². The molecule has 0 radical (unpaired) electrons. The molecule has 184 valence electrons. The molecule has 1 atom stereocenters.